The van der Waals surface area contributed by atoms with Crippen molar-refractivity contribution in [2.24, 2.45) is 5.92 Å². The smallest absolute Gasteiger partial charge is 0.0819 e. The van der Waals surface area contributed by atoms with Crippen LogP contribution in [0.2, 0.25) is 5.02 Å². The first-order valence-electron chi connectivity index (χ1n) is 6.20. The summed E-state index contributed by atoms with van der Waals surface area (Å²) in [6, 6.07) is 5.87. The van der Waals surface area contributed by atoms with Crippen LogP contribution in [-0.2, 0) is 0 Å². The van der Waals surface area contributed by atoms with Crippen LogP contribution in [0.4, 0.5) is 0 Å². The van der Waals surface area contributed by atoms with Gasteiger partial charge >= 0.3 is 0 Å². The summed E-state index contributed by atoms with van der Waals surface area (Å²) in [5.41, 5.74) is 2.01. The number of nitrogens with zero attached hydrogens (tertiary/aromatic N) is 1. The van der Waals surface area contributed by atoms with Crippen molar-refractivity contribution in [1.29, 1.82) is 0 Å². The van der Waals surface area contributed by atoms with E-state index in [9.17, 15) is 5.11 Å². The molecule has 1 unspecified atom stereocenters. The molecule has 2 nitrogen and oxygen atoms in total. The first-order chi connectivity index (χ1) is 8.08. The summed E-state index contributed by atoms with van der Waals surface area (Å²) in [5.74, 6) is 0.366. The molecule has 1 atom stereocenters. The van der Waals surface area contributed by atoms with E-state index in [1.807, 2.05) is 25.1 Å². The van der Waals surface area contributed by atoms with Gasteiger partial charge in [0.05, 0.1) is 6.10 Å². The number of halogens is 1. The van der Waals surface area contributed by atoms with Crippen LogP contribution in [-0.4, -0.2) is 30.1 Å². The minimum Gasteiger partial charge on any atom is -0.388 e. The fourth-order valence-corrected chi connectivity index (χ4v) is 2.60. The van der Waals surface area contributed by atoms with E-state index in [0.717, 1.165) is 42.1 Å². The molecule has 0 spiro atoms. The number of aryl methyl sites for hydroxylation is 1. The molecule has 1 aromatic carbocycles. The number of aliphatic hydroxyl groups is 1. The van der Waals surface area contributed by atoms with E-state index >= 15 is 0 Å². The lowest BCUT2D eigenvalue weighted by Gasteiger charge is -2.32. The van der Waals surface area contributed by atoms with Crippen molar-refractivity contribution in [1.82, 2.24) is 4.90 Å². The molecule has 0 saturated carbocycles. The second kappa shape index (κ2) is 5.38. The van der Waals surface area contributed by atoms with Gasteiger partial charge in [-0.3, -0.25) is 0 Å². The van der Waals surface area contributed by atoms with Crippen molar-refractivity contribution in [3.05, 3.63) is 34.3 Å². The minimum absolute atomic E-state index is 0.366. The van der Waals surface area contributed by atoms with Gasteiger partial charge in [0.25, 0.3) is 0 Å². The molecule has 1 saturated heterocycles. The molecule has 1 aliphatic heterocycles. The van der Waals surface area contributed by atoms with Gasteiger partial charge in [-0.15, -0.1) is 0 Å². The molecule has 2 rings (SSSR count). The van der Waals surface area contributed by atoms with E-state index in [2.05, 4.69) is 11.9 Å². The predicted molar refractivity (Wildman–Crippen MR) is 71.4 cm³/mol. The second-order valence-corrected chi connectivity index (χ2v) is 5.50. The van der Waals surface area contributed by atoms with Gasteiger partial charge in [-0.1, -0.05) is 23.7 Å². The molecule has 0 radical (unpaired) electrons. The highest BCUT2D eigenvalue weighted by molar-refractivity contribution is 6.31. The molecule has 17 heavy (non-hydrogen) atoms. The van der Waals surface area contributed by atoms with Crippen molar-refractivity contribution < 1.29 is 5.11 Å². The average molecular weight is 254 g/mol. The topological polar surface area (TPSA) is 23.5 Å². The maximum Gasteiger partial charge on any atom is 0.0819 e. The number of hydrogen-bond acceptors (Lipinski definition) is 2. The zero-order valence-electron chi connectivity index (χ0n) is 10.5. The van der Waals surface area contributed by atoms with Crippen molar-refractivity contribution in [3.63, 3.8) is 0 Å². The third-order valence-corrected chi connectivity index (χ3v) is 4.15. The summed E-state index contributed by atoms with van der Waals surface area (Å²) in [6.07, 6.45) is 1.74. The number of benzene rings is 1. The highest BCUT2D eigenvalue weighted by Crippen LogP contribution is 2.32. The lowest BCUT2D eigenvalue weighted by Crippen LogP contribution is -2.32. The third kappa shape index (κ3) is 3.01. The van der Waals surface area contributed by atoms with Crippen LogP contribution in [0.25, 0.3) is 0 Å². The fourth-order valence-electron chi connectivity index (χ4n) is 2.41. The Morgan fingerprint density at radius 3 is 2.59 bits per heavy atom. The molecule has 0 aliphatic carbocycles. The average Bonchev–Trinajstić information content (AvgIpc) is 2.33. The van der Waals surface area contributed by atoms with Gasteiger partial charge < -0.3 is 10.0 Å². The van der Waals surface area contributed by atoms with E-state index in [0.29, 0.717) is 5.92 Å². The Labute approximate surface area is 108 Å². The van der Waals surface area contributed by atoms with Crippen LogP contribution in [0.15, 0.2) is 18.2 Å². The number of likely N-dealkylation sites (tertiary alicyclic amines) is 1. The Morgan fingerprint density at radius 1 is 1.35 bits per heavy atom. The lowest BCUT2D eigenvalue weighted by molar-refractivity contribution is 0.0657. The SMILES string of the molecule is Cc1ccc(C(O)C2CCN(C)CC2)cc1Cl. The second-order valence-electron chi connectivity index (χ2n) is 5.09. The van der Waals surface area contributed by atoms with Crippen LogP contribution in [0.1, 0.15) is 30.1 Å². The highest BCUT2D eigenvalue weighted by atomic mass is 35.5. The molecule has 0 amide bonds. The summed E-state index contributed by atoms with van der Waals surface area (Å²) in [5, 5.41) is 11.1. The molecule has 1 aromatic rings. The first-order valence-corrected chi connectivity index (χ1v) is 6.58. The minimum atomic E-state index is -0.373. The number of rotatable bonds is 2. The van der Waals surface area contributed by atoms with Gasteiger partial charge in [0.1, 0.15) is 0 Å². The predicted octanol–water partition coefficient (Wildman–Crippen LogP) is 3.02. The molecule has 3 heteroatoms. The quantitative estimate of drug-likeness (QED) is 0.876. The molecule has 0 aromatic heterocycles. The van der Waals surface area contributed by atoms with E-state index < -0.39 is 0 Å². The number of piperidine rings is 1. The lowest BCUT2D eigenvalue weighted by atomic mass is 9.87. The third-order valence-electron chi connectivity index (χ3n) is 3.75. The zero-order chi connectivity index (χ0) is 12.4. The molecule has 0 bridgehead atoms. The first kappa shape index (κ1) is 12.9. The van der Waals surface area contributed by atoms with Crippen molar-refractivity contribution >= 4 is 11.6 Å². The van der Waals surface area contributed by atoms with E-state index in [1.165, 1.54) is 0 Å². The molecular formula is C14H20ClNO. The normalized spacial score (nSPS) is 20.5. The molecule has 1 aliphatic rings. The van der Waals surface area contributed by atoms with Crippen molar-refractivity contribution in [3.8, 4) is 0 Å². The van der Waals surface area contributed by atoms with Crippen LogP contribution < -0.4 is 0 Å². The van der Waals surface area contributed by atoms with Crippen molar-refractivity contribution in [2.45, 2.75) is 25.9 Å². The van der Waals surface area contributed by atoms with Gasteiger partial charge in [-0.2, -0.15) is 0 Å². The Kier molecular flexibility index (Phi) is 4.08. The highest BCUT2D eigenvalue weighted by Gasteiger charge is 2.25. The van der Waals surface area contributed by atoms with E-state index in [-0.39, 0.29) is 6.10 Å². The Hall–Kier alpha value is -0.570. The van der Waals surface area contributed by atoms with Gasteiger partial charge in [-0.05, 0) is 63.0 Å². The maximum atomic E-state index is 10.4. The Bertz CT molecular complexity index is 386. The Balaban J connectivity index is 2.08. The molecule has 94 valence electrons. The van der Waals surface area contributed by atoms with Crippen LogP contribution in [0.3, 0.4) is 0 Å². The van der Waals surface area contributed by atoms with E-state index in [4.69, 9.17) is 11.6 Å². The largest absolute Gasteiger partial charge is 0.388 e. The molecular weight excluding hydrogens is 234 g/mol. The molecule has 1 heterocycles. The summed E-state index contributed by atoms with van der Waals surface area (Å²) in [7, 11) is 2.13. The van der Waals surface area contributed by atoms with Crippen LogP contribution in [0, 0.1) is 12.8 Å². The van der Waals surface area contributed by atoms with Gasteiger partial charge in [0.2, 0.25) is 0 Å². The number of aliphatic hydroxyl groups excluding tert-OH is 1. The van der Waals surface area contributed by atoms with Crippen LogP contribution in [0.5, 0.6) is 0 Å². The van der Waals surface area contributed by atoms with Gasteiger partial charge in [0.15, 0.2) is 0 Å². The van der Waals surface area contributed by atoms with Crippen molar-refractivity contribution in [2.75, 3.05) is 20.1 Å². The standard InChI is InChI=1S/C14H20ClNO/c1-10-3-4-12(9-13(10)15)14(17)11-5-7-16(2)8-6-11/h3-4,9,11,14,17H,5-8H2,1-2H3. The summed E-state index contributed by atoms with van der Waals surface area (Å²) >= 11 is 6.10. The fraction of sp³-hybridized carbons (Fsp3) is 0.571. The molecule has 1 fully saturated rings. The van der Waals surface area contributed by atoms with E-state index in [1.54, 1.807) is 0 Å². The van der Waals surface area contributed by atoms with Crippen LogP contribution >= 0.6 is 11.6 Å². The maximum absolute atomic E-state index is 10.4. The monoisotopic (exact) mass is 253 g/mol. The Morgan fingerprint density at radius 2 is 2.00 bits per heavy atom. The zero-order valence-corrected chi connectivity index (χ0v) is 11.2. The van der Waals surface area contributed by atoms with Gasteiger partial charge in [0, 0.05) is 5.02 Å². The van der Waals surface area contributed by atoms with Gasteiger partial charge in [-0.25, -0.2) is 0 Å². The molecule has 1 N–H and O–H groups in total. The number of hydrogen-bond donors (Lipinski definition) is 1. The summed E-state index contributed by atoms with van der Waals surface area (Å²) in [6.45, 7) is 4.12. The summed E-state index contributed by atoms with van der Waals surface area (Å²) < 4.78 is 0. The summed E-state index contributed by atoms with van der Waals surface area (Å²) in [4.78, 5) is 2.31.